The molecule has 244 valence electrons. The van der Waals surface area contributed by atoms with Crippen LogP contribution in [-0.2, 0) is 43.1 Å². The van der Waals surface area contributed by atoms with Crippen LogP contribution >= 0.6 is 11.8 Å². The van der Waals surface area contributed by atoms with Crippen molar-refractivity contribution in [2.75, 3.05) is 0 Å². The summed E-state index contributed by atoms with van der Waals surface area (Å²) in [5.41, 5.74) is 9.46. The number of nitrogens with zero attached hydrogens (tertiary/aromatic N) is 3. The van der Waals surface area contributed by atoms with Gasteiger partial charge in [0.2, 0.25) is 0 Å². The Balaban J connectivity index is 0.00000364. The van der Waals surface area contributed by atoms with E-state index in [2.05, 4.69) is 144 Å². The first-order valence-electron chi connectivity index (χ1n) is 16.4. The Labute approximate surface area is 302 Å². The quantitative estimate of drug-likeness (QED) is 0.166. The van der Waals surface area contributed by atoms with Gasteiger partial charge in [-0.05, 0) is 56.7 Å². The summed E-state index contributed by atoms with van der Waals surface area (Å²) in [6.45, 7) is 15.7. The van der Waals surface area contributed by atoms with E-state index < -0.39 is 0 Å². The summed E-state index contributed by atoms with van der Waals surface area (Å²) in [4.78, 5) is 12.0. The zero-order valence-corrected chi connectivity index (χ0v) is 31.5. The van der Waals surface area contributed by atoms with Crippen LogP contribution in [0, 0.1) is 19.1 Å². The summed E-state index contributed by atoms with van der Waals surface area (Å²) >= 11 is 1.67. The molecule has 0 amide bonds. The second-order valence-corrected chi connectivity index (χ2v) is 16.1. The minimum atomic E-state index is 0. The minimum absolute atomic E-state index is 0. The maximum Gasteiger partial charge on any atom is 2.00 e. The largest absolute Gasteiger partial charge is 2.00 e. The normalized spacial score (nSPS) is 17.2. The van der Waals surface area contributed by atoms with Crippen LogP contribution in [0.3, 0.4) is 0 Å². The summed E-state index contributed by atoms with van der Waals surface area (Å²) in [5.74, 6) is 1.60. The van der Waals surface area contributed by atoms with Crippen molar-refractivity contribution in [2.24, 2.45) is 4.99 Å². The molecule has 8 rings (SSSR count). The molecule has 0 saturated carbocycles. The van der Waals surface area contributed by atoms with Crippen LogP contribution < -0.4 is 0 Å². The third-order valence-corrected chi connectivity index (χ3v) is 10.4. The summed E-state index contributed by atoms with van der Waals surface area (Å²) < 4.78 is 8.71. The third kappa shape index (κ3) is 5.84. The summed E-state index contributed by atoms with van der Waals surface area (Å²) in [5, 5.41) is 2.39. The molecule has 1 aliphatic carbocycles. The van der Waals surface area contributed by atoms with Crippen LogP contribution in [0.4, 0.5) is 0 Å². The van der Waals surface area contributed by atoms with Crippen LogP contribution in [-0.4, -0.2) is 21.6 Å². The van der Waals surface area contributed by atoms with Crippen LogP contribution in [0.1, 0.15) is 81.0 Å². The van der Waals surface area contributed by atoms with Gasteiger partial charge in [0.1, 0.15) is 23.9 Å². The smallest absolute Gasteiger partial charge is 0.514 e. The summed E-state index contributed by atoms with van der Waals surface area (Å²) in [6.07, 6.45) is 2.89. The fraction of sp³-hybridized carbons (Fsp3) is 0.286. The van der Waals surface area contributed by atoms with E-state index in [-0.39, 0.29) is 44.0 Å². The molecule has 6 heteroatoms. The van der Waals surface area contributed by atoms with Gasteiger partial charge in [0.05, 0.1) is 0 Å². The van der Waals surface area contributed by atoms with Crippen molar-refractivity contribution in [3.63, 3.8) is 0 Å². The average Bonchev–Trinajstić information content (AvgIpc) is 3.69. The number of hydrogen-bond donors (Lipinski definition) is 0. The molecule has 4 aromatic carbocycles. The molecule has 2 aromatic heterocycles. The standard InChI is InChI=1S/C42H39N3OS.Pt/c1-25-18-27(40-44-39-32-11-9-8-10-26(32)21-37(39)46-40)20-31(19-25)47-30-13-14-33-34-22-28(41(2,3)4)12-15-35(34)45(36(33)24-30)38-23-29(16-17-43-38)42(5,6)7;/h8-19,22-23,37,39H,21H2,1-7H3;/q-2;+2/t37-,39+;/m0./s1. The zero-order valence-electron chi connectivity index (χ0n) is 28.4. The molecule has 0 fully saturated rings. The first-order chi connectivity index (χ1) is 22.4. The Hall–Kier alpha value is -3.66. The second-order valence-electron chi connectivity index (χ2n) is 15.0. The number of pyridine rings is 1. The van der Waals surface area contributed by atoms with Gasteiger partial charge in [-0.3, -0.25) is 4.99 Å². The molecule has 48 heavy (non-hydrogen) atoms. The van der Waals surface area contributed by atoms with E-state index >= 15 is 0 Å². The topological polar surface area (TPSA) is 39.4 Å². The third-order valence-electron chi connectivity index (χ3n) is 9.46. The number of rotatable bonds is 4. The molecule has 1 aliphatic heterocycles. The molecule has 0 saturated heterocycles. The monoisotopic (exact) mass is 828 g/mol. The Bertz CT molecular complexity index is 2240. The van der Waals surface area contributed by atoms with Crippen LogP contribution in [0.15, 0.2) is 99.8 Å². The van der Waals surface area contributed by atoms with Gasteiger partial charge in [-0.25, -0.2) is 4.98 Å². The number of ether oxygens (including phenoxy) is 1. The maximum absolute atomic E-state index is 6.43. The van der Waals surface area contributed by atoms with E-state index in [0.29, 0.717) is 5.90 Å². The fourth-order valence-corrected chi connectivity index (χ4v) is 7.82. The Morgan fingerprint density at radius 1 is 0.812 bits per heavy atom. The van der Waals surface area contributed by atoms with Gasteiger partial charge in [0.25, 0.3) is 0 Å². The van der Waals surface area contributed by atoms with Crippen LogP contribution in [0.2, 0.25) is 0 Å². The molecule has 3 heterocycles. The van der Waals surface area contributed by atoms with E-state index in [1.807, 2.05) is 6.20 Å². The Kier molecular flexibility index (Phi) is 8.24. The van der Waals surface area contributed by atoms with Crippen molar-refractivity contribution in [3.8, 4) is 5.82 Å². The SMILES string of the molecule is Cc1cc(Sc2[c-]c3c(cc2)c2cc(C(C)(C)C)ccc2n3-c2cc(C(C)(C)C)ccn2)[c-]c(C2=N[C@@H]3c4ccccc4C[C@@H]3O2)c1.[Pt+2]. The van der Waals surface area contributed by atoms with E-state index in [0.717, 1.165) is 44.2 Å². The number of hydrogen-bond acceptors (Lipinski definition) is 4. The molecule has 0 N–H and O–H groups in total. The molecule has 0 bridgehead atoms. The van der Waals surface area contributed by atoms with E-state index in [1.54, 1.807) is 11.8 Å². The summed E-state index contributed by atoms with van der Waals surface area (Å²) in [7, 11) is 0. The van der Waals surface area contributed by atoms with Gasteiger partial charge in [-0.15, -0.1) is 51.9 Å². The predicted molar refractivity (Wildman–Crippen MR) is 193 cm³/mol. The Morgan fingerprint density at radius 3 is 2.38 bits per heavy atom. The van der Waals surface area contributed by atoms with Gasteiger partial charge in [0.15, 0.2) is 0 Å². The molecule has 2 aliphatic rings. The van der Waals surface area contributed by atoms with Gasteiger partial charge >= 0.3 is 21.1 Å². The van der Waals surface area contributed by atoms with Crippen molar-refractivity contribution < 1.29 is 25.8 Å². The summed E-state index contributed by atoms with van der Waals surface area (Å²) in [6, 6.07) is 36.0. The molecular weight excluding hydrogens is 790 g/mol. The number of aryl methyl sites for hydroxylation is 1. The molecule has 4 nitrogen and oxygen atoms in total. The predicted octanol–water partition coefficient (Wildman–Crippen LogP) is 10.3. The molecule has 2 atom stereocenters. The number of aromatic nitrogens is 2. The Morgan fingerprint density at radius 2 is 1.58 bits per heavy atom. The number of fused-ring (bicyclic) bond motifs is 6. The fourth-order valence-electron chi connectivity index (χ4n) is 6.89. The van der Waals surface area contributed by atoms with Gasteiger partial charge in [0, 0.05) is 18.1 Å². The molecular formula is C42H39N3OPtS. The van der Waals surface area contributed by atoms with Crippen molar-refractivity contribution in [2.45, 2.75) is 87.7 Å². The molecule has 0 radical (unpaired) electrons. The number of benzene rings is 4. The van der Waals surface area contributed by atoms with E-state index in [4.69, 9.17) is 14.7 Å². The minimum Gasteiger partial charge on any atom is -0.514 e. The average molecular weight is 829 g/mol. The van der Waals surface area contributed by atoms with E-state index in [1.165, 1.54) is 33.0 Å². The van der Waals surface area contributed by atoms with Gasteiger partial charge in [-0.1, -0.05) is 101 Å². The number of aliphatic imine (C=N–C) groups is 1. The van der Waals surface area contributed by atoms with Gasteiger partial charge in [-0.2, -0.15) is 12.1 Å². The molecule has 0 spiro atoms. The maximum atomic E-state index is 6.43. The molecule has 0 unspecified atom stereocenters. The first-order valence-corrected chi connectivity index (χ1v) is 17.3. The van der Waals surface area contributed by atoms with Crippen LogP contribution in [0.25, 0.3) is 27.6 Å². The first kappa shape index (κ1) is 32.9. The van der Waals surface area contributed by atoms with Crippen LogP contribution in [0.5, 0.6) is 0 Å². The van der Waals surface area contributed by atoms with Crippen molar-refractivity contribution in [3.05, 3.63) is 131 Å². The molecule has 6 aromatic rings. The van der Waals surface area contributed by atoms with Gasteiger partial charge < -0.3 is 9.30 Å². The van der Waals surface area contributed by atoms with E-state index in [9.17, 15) is 0 Å². The van der Waals surface area contributed by atoms with Crippen molar-refractivity contribution >= 4 is 39.5 Å². The second kappa shape index (κ2) is 12.0. The van der Waals surface area contributed by atoms with Crippen molar-refractivity contribution in [1.82, 2.24) is 9.55 Å². The van der Waals surface area contributed by atoms with Crippen molar-refractivity contribution in [1.29, 1.82) is 0 Å². The zero-order chi connectivity index (χ0) is 32.7.